The summed E-state index contributed by atoms with van der Waals surface area (Å²) < 4.78 is 21.4. The number of hydrogen-bond acceptors (Lipinski definition) is 6. The lowest BCUT2D eigenvalue weighted by molar-refractivity contribution is -0.113. The van der Waals surface area contributed by atoms with Crippen molar-refractivity contribution in [3.05, 3.63) is 53.7 Å². The van der Waals surface area contributed by atoms with Gasteiger partial charge in [0.2, 0.25) is 11.9 Å². The molecule has 3 heterocycles. The Morgan fingerprint density at radius 3 is 2.83 bits per heavy atom. The molecular weight excluding hydrogens is 393 g/mol. The molecule has 3 aromatic rings. The molecule has 1 N–H and O–H groups in total. The summed E-state index contributed by atoms with van der Waals surface area (Å²) in [5.74, 6) is 0.933. The van der Waals surface area contributed by atoms with E-state index < -0.39 is 5.82 Å². The fraction of sp³-hybridized carbons (Fsp3) is 0.350. The lowest BCUT2D eigenvalue weighted by Gasteiger charge is -2.17. The number of nitrogens with zero attached hydrogens (tertiary/aromatic N) is 4. The van der Waals surface area contributed by atoms with Crippen LogP contribution in [0.3, 0.4) is 0 Å². The van der Waals surface area contributed by atoms with Crippen LogP contribution in [0.5, 0.6) is 0 Å². The van der Waals surface area contributed by atoms with Crippen LogP contribution < -0.4 is 10.2 Å². The predicted molar refractivity (Wildman–Crippen MR) is 110 cm³/mol. The number of nitrogens with one attached hydrogen (secondary N) is 1. The summed E-state index contributed by atoms with van der Waals surface area (Å²) in [5, 5.41) is 11.9. The van der Waals surface area contributed by atoms with Gasteiger partial charge in [0.1, 0.15) is 11.6 Å². The number of aryl methyl sites for hydroxylation is 1. The maximum absolute atomic E-state index is 14.0. The Morgan fingerprint density at radius 1 is 1.28 bits per heavy atom. The highest BCUT2D eigenvalue weighted by atomic mass is 32.2. The third kappa shape index (κ3) is 4.61. The second-order valence-corrected chi connectivity index (χ2v) is 7.90. The van der Waals surface area contributed by atoms with Crippen molar-refractivity contribution in [2.24, 2.45) is 0 Å². The van der Waals surface area contributed by atoms with Crippen molar-refractivity contribution >= 4 is 29.3 Å². The van der Waals surface area contributed by atoms with Crippen LogP contribution in [0.1, 0.15) is 24.2 Å². The first-order chi connectivity index (χ1) is 14.1. The number of furan rings is 1. The van der Waals surface area contributed by atoms with Crippen LogP contribution in [0.4, 0.5) is 16.0 Å². The molecule has 0 unspecified atom stereocenters. The molecular formula is C20H22FN5O2S. The van der Waals surface area contributed by atoms with Crippen LogP contribution in [-0.4, -0.2) is 39.5 Å². The molecule has 1 fully saturated rings. The molecule has 1 aliphatic heterocycles. The van der Waals surface area contributed by atoms with E-state index in [0.717, 1.165) is 43.2 Å². The Hall–Kier alpha value is -2.81. The topological polar surface area (TPSA) is 76.2 Å². The first kappa shape index (κ1) is 19.5. The number of thioether (sulfide) groups is 1. The number of hydrogen-bond donors (Lipinski definition) is 1. The van der Waals surface area contributed by atoms with Crippen molar-refractivity contribution in [1.29, 1.82) is 0 Å². The number of amides is 1. The van der Waals surface area contributed by atoms with Crippen LogP contribution in [0.25, 0.3) is 0 Å². The Morgan fingerprint density at radius 2 is 2.10 bits per heavy atom. The molecule has 0 spiro atoms. The zero-order chi connectivity index (χ0) is 20.2. The quantitative estimate of drug-likeness (QED) is 0.593. The van der Waals surface area contributed by atoms with E-state index in [4.69, 9.17) is 4.42 Å². The number of benzene rings is 1. The van der Waals surface area contributed by atoms with E-state index in [0.29, 0.717) is 11.7 Å². The summed E-state index contributed by atoms with van der Waals surface area (Å²) in [7, 11) is 0. The molecule has 0 aliphatic carbocycles. The SMILES string of the molecule is Cc1ccc(NC(=O)CSc2nnc(N3CCCC3)n2Cc2ccco2)c(F)c1. The standard InChI is InChI=1S/C20H22FN5O2S/c1-14-6-7-17(16(21)11-14)22-18(27)13-29-20-24-23-19(25-8-2-3-9-25)26(20)12-15-5-4-10-28-15/h4-7,10-11H,2-3,8-9,12-13H2,1H3,(H,22,27). The van der Waals surface area contributed by atoms with E-state index in [9.17, 15) is 9.18 Å². The molecule has 1 aromatic carbocycles. The van der Waals surface area contributed by atoms with Gasteiger partial charge in [-0.2, -0.15) is 0 Å². The predicted octanol–water partition coefficient (Wildman–Crippen LogP) is 3.70. The second kappa shape index (κ2) is 8.69. The fourth-order valence-electron chi connectivity index (χ4n) is 3.27. The van der Waals surface area contributed by atoms with Gasteiger partial charge >= 0.3 is 0 Å². The molecule has 2 aromatic heterocycles. The van der Waals surface area contributed by atoms with Crippen molar-refractivity contribution in [3.8, 4) is 0 Å². The van der Waals surface area contributed by atoms with Gasteiger partial charge in [-0.1, -0.05) is 17.8 Å². The van der Waals surface area contributed by atoms with E-state index in [1.165, 1.54) is 17.8 Å². The minimum atomic E-state index is -0.444. The van der Waals surface area contributed by atoms with Crippen LogP contribution >= 0.6 is 11.8 Å². The number of anilines is 2. The average Bonchev–Trinajstić information content (AvgIpc) is 3.45. The van der Waals surface area contributed by atoms with Gasteiger partial charge in [0, 0.05) is 13.1 Å². The van der Waals surface area contributed by atoms with E-state index in [2.05, 4.69) is 20.4 Å². The van der Waals surface area contributed by atoms with Crippen LogP contribution in [-0.2, 0) is 11.3 Å². The van der Waals surface area contributed by atoms with E-state index >= 15 is 0 Å². The highest BCUT2D eigenvalue weighted by Crippen LogP contribution is 2.26. The van der Waals surface area contributed by atoms with Gasteiger partial charge < -0.3 is 14.6 Å². The molecule has 7 nitrogen and oxygen atoms in total. The highest BCUT2D eigenvalue weighted by molar-refractivity contribution is 7.99. The number of rotatable bonds is 7. The molecule has 4 rings (SSSR count). The maximum Gasteiger partial charge on any atom is 0.234 e. The number of halogens is 1. The van der Waals surface area contributed by atoms with Crippen LogP contribution in [0.2, 0.25) is 0 Å². The van der Waals surface area contributed by atoms with Gasteiger partial charge in [-0.3, -0.25) is 9.36 Å². The van der Waals surface area contributed by atoms with Gasteiger partial charge in [0.15, 0.2) is 5.16 Å². The molecule has 9 heteroatoms. The van der Waals surface area contributed by atoms with Crippen molar-refractivity contribution in [2.45, 2.75) is 31.5 Å². The summed E-state index contributed by atoms with van der Waals surface area (Å²) in [6.07, 6.45) is 3.88. The summed E-state index contributed by atoms with van der Waals surface area (Å²) in [4.78, 5) is 14.5. The summed E-state index contributed by atoms with van der Waals surface area (Å²) in [5.41, 5.74) is 0.978. The first-order valence-corrected chi connectivity index (χ1v) is 10.5. The zero-order valence-corrected chi connectivity index (χ0v) is 16.9. The zero-order valence-electron chi connectivity index (χ0n) is 16.1. The fourth-order valence-corrected chi connectivity index (χ4v) is 4.01. The van der Waals surface area contributed by atoms with Gasteiger partial charge in [-0.15, -0.1) is 10.2 Å². The molecule has 1 saturated heterocycles. The minimum Gasteiger partial charge on any atom is -0.467 e. The summed E-state index contributed by atoms with van der Waals surface area (Å²) >= 11 is 1.27. The minimum absolute atomic E-state index is 0.101. The largest absolute Gasteiger partial charge is 0.467 e. The van der Waals surface area contributed by atoms with Gasteiger partial charge in [-0.25, -0.2) is 4.39 Å². The molecule has 0 atom stereocenters. The van der Waals surface area contributed by atoms with Gasteiger partial charge in [0.05, 0.1) is 24.2 Å². The van der Waals surface area contributed by atoms with Crippen LogP contribution in [0, 0.1) is 12.7 Å². The van der Waals surface area contributed by atoms with E-state index in [1.807, 2.05) is 16.7 Å². The smallest absolute Gasteiger partial charge is 0.234 e. The average molecular weight is 415 g/mol. The van der Waals surface area contributed by atoms with Gasteiger partial charge in [-0.05, 0) is 49.6 Å². The highest BCUT2D eigenvalue weighted by Gasteiger charge is 2.22. The Kier molecular flexibility index (Phi) is 5.84. The second-order valence-electron chi connectivity index (χ2n) is 6.96. The first-order valence-electron chi connectivity index (χ1n) is 9.49. The molecule has 0 bridgehead atoms. The Bertz CT molecular complexity index is 983. The lowest BCUT2D eigenvalue weighted by atomic mass is 10.2. The normalized spacial score (nSPS) is 13.8. The van der Waals surface area contributed by atoms with Crippen molar-refractivity contribution < 1.29 is 13.6 Å². The van der Waals surface area contributed by atoms with Crippen molar-refractivity contribution in [3.63, 3.8) is 0 Å². The molecule has 1 amide bonds. The molecule has 152 valence electrons. The third-order valence-corrected chi connectivity index (χ3v) is 5.68. The Balaban J connectivity index is 1.46. The van der Waals surface area contributed by atoms with Crippen molar-refractivity contribution in [2.75, 3.05) is 29.1 Å². The van der Waals surface area contributed by atoms with E-state index in [-0.39, 0.29) is 17.3 Å². The maximum atomic E-state index is 14.0. The molecule has 0 saturated carbocycles. The number of aromatic nitrogens is 3. The van der Waals surface area contributed by atoms with Gasteiger partial charge in [0.25, 0.3) is 0 Å². The van der Waals surface area contributed by atoms with Crippen molar-refractivity contribution in [1.82, 2.24) is 14.8 Å². The molecule has 29 heavy (non-hydrogen) atoms. The number of carbonyl (C=O) groups excluding carboxylic acids is 1. The number of carbonyl (C=O) groups is 1. The third-order valence-electron chi connectivity index (χ3n) is 4.71. The van der Waals surface area contributed by atoms with E-state index in [1.54, 1.807) is 25.3 Å². The van der Waals surface area contributed by atoms with Crippen LogP contribution in [0.15, 0.2) is 46.2 Å². The summed E-state index contributed by atoms with van der Waals surface area (Å²) in [6.45, 7) is 4.17. The monoisotopic (exact) mass is 415 g/mol. The molecule has 0 radical (unpaired) electrons. The summed E-state index contributed by atoms with van der Waals surface area (Å²) in [6, 6.07) is 8.46. The lowest BCUT2D eigenvalue weighted by Crippen LogP contribution is -2.23. The Labute approximate surface area is 172 Å². The molecule has 1 aliphatic rings.